The van der Waals surface area contributed by atoms with Gasteiger partial charge in [0.2, 0.25) is 11.8 Å². The zero-order valence-corrected chi connectivity index (χ0v) is 14.5. The molecule has 0 spiro atoms. The molecular formula is C16H26N4O4. The third kappa shape index (κ3) is 3.09. The van der Waals surface area contributed by atoms with Crippen molar-refractivity contribution >= 4 is 23.8 Å². The van der Waals surface area contributed by atoms with Gasteiger partial charge in [-0.25, -0.2) is 4.79 Å². The molecule has 0 aromatic heterocycles. The van der Waals surface area contributed by atoms with Gasteiger partial charge in [0, 0.05) is 12.6 Å². The van der Waals surface area contributed by atoms with Gasteiger partial charge >= 0.3 is 6.03 Å². The Labute approximate surface area is 141 Å². The predicted octanol–water partition coefficient (Wildman–Crippen LogP) is 0.209. The average molecular weight is 338 g/mol. The van der Waals surface area contributed by atoms with E-state index in [1.165, 1.54) is 0 Å². The number of nitrogens with zero attached hydrogens (tertiary/aromatic N) is 2. The minimum absolute atomic E-state index is 0.0454. The number of urea groups is 1. The topological polar surface area (TPSA) is 113 Å². The summed E-state index contributed by atoms with van der Waals surface area (Å²) in [6.45, 7) is 5.49. The largest absolute Gasteiger partial charge is 0.369 e. The molecular weight excluding hydrogens is 312 g/mol. The van der Waals surface area contributed by atoms with Gasteiger partial charge in [-0.1, -0.05) is 13.8 Å². The molecule has 2 fully saturated rings. The summed E-state index contributed by atoms with van der Waals surface area (Å²) in [5.41, 5.74) is 4.43. The van der Waals surface area contributed by atoms with Gasteiger partial charge in [0.25, 0.3) is 5.91 Å². The standard InChI is InChI=1S/C16H26N4O4/c1-4-16(5-2)14(23)20(15(24)18-16)9-12(21)19-8-11(13(17)22)7-6-10(19)3/h10-11H,4-9H2,1-3H3,(H2,17,22)(H,18,24)/t10-,11-/m0/s1. The molecule has 8 nitrogen and oxygen atoms in total. The van der Waals surface area contributed by atoms with Gasteiger partial charge in [0.05, 0.1) is 5.92 Å². The highest BCUT2D eigenvalue weighted by atomic mass is 16.2. The minimum Gasteiger partial charge on any atom is -0.369 e. The SMILES string of the molecule is CCC1(CC)NC(=O)N(CC(=O)N2C[C@@H](C(N)=O)CC[C@@H]2C)C1=O. The summed E-state index contributed by atoms with van der Waals surface area (Å²) in [5.74, 6) is -1.49. The molecule has 0 radical (unpaired) electrons. The maximum Gasteiger partial charge on any atom is 0.325 e. The number of carbonyl (C=O) groups excluding carboxylic acids is 4. The molecule has 8 heteroatoms. The highest BCUT2D eigenvalue weighted by Gasteiger charge is 2.49. The van der Waals surface area contributed by atoms with E-state index in [9.17, 15) is 19.2 Å². The van der Waals surface area contributed by atoms with Gasteiger partial charge < -0.3 is 16.0 Å². The number of imide groups is 1. The van der Waals surface area contributed by atoms with Crippen LogP contribution in [0.25, 0.3) is 0 Å². The van der Waals surface area contributed by atoms with Crippen molar-refractivity contribution in [3.05, 3.63) is 0 Å². The van der Waals surface area contributed by atoms with Gasteiger partial charge in [0.1, 0.15) is 12.1 Å². The van der Waals surface area contributed by atoms with Crippen molar-refractivity contribution in [2.24, 2.45) is 11.7 Å². The van der Waals surface area contributed by atoms with Crippen molar-refractivity contribution in [1.82, 2.24) is 15.1 Å². The Morgan fingerprint density at radius 1 is 1.25 bits per heavy atom. The monoisotopic (exact) mass is 338 g/mol. The zero-order valence-electron chi connectivity index (χ0n) is 14.5. The number of piperidine rings is 1. The smallest absolute Gasteiger partial charge is 0.325 e. The van der Waals surface area contributed by atoms with Crippen LogP contribution in [0.3, 0.4) is 0 Å². The first-order chi connectivity index (χ1) is 11.3. The molecule has 0 unspecified atom stereocenters. The van der Waals surface area contributed by atoms with Crippen molar-refractivity contribution in [1.29, 1.82) is 0 Å². The first kappa shape index (κ1) is 18.2. The number of amides is 5. The first-order valence-electron chi connectivity index (χ1n) is 8.48. The second-order valence-electron chi connectivity index (χ2n) is 6.68. The van der Waals surface area contributed by atoms with Crippen LogP contribution in [0.2, 0.25) is 0 Å². The quantitative estimate of drug-likeness (QED) is 0.698. The summed E-state index contributed by atoms with van der Waals surface area (Å²) in [6, 6.07) is -0.580. The molecule has 2 aliphatic rings. The predicted molar refractivity (Wildman–Crippen MR) is 86.7 cm³/mol. The van der Waals surface area contributed by atoms with E-state index in [4.69, 9.17) is 5.73 Å². The number of primary amides is 1. The van der Waals surface area contributed by atoms with Crippen LogP contribution in [0, 0.1) is 5.92 Å². The van der Waals surface area contributed by atoms with Crippen LogP contribution in [-0.4, -0.2) is 58.2 Å². The van der Waals surface area contributed by atoms with Crippen LogP contribution in [0.4, 0.5) is 4.79 Å². The Balaban J connectivity index is 2.10. The van der Waals surface area contributed by atoms with Crippen LogP contribution in [0.15, 0.2) is 0 Å². The summed E-state index contributed by atoms with van der Waals surface area (Å²) in [4.78, 5) is 51.3. The van der Waals surface area contributed by atoms with E-state index >= 15 is 0 Å². The molecule has 0 aromatic rings. The fraction of sp³-hybridized carbons (Fsp3) is 0.750. The number of carbonyl (C=O) groups is 4. The summed E-state index contributed by atoms with van der Waals surface area (Å²) in [7, 11) is 0. The second kappa shape index (κ2) is 6.78. The highest BCUT2D eigenvalue weighted by Crippen LogP contribution is 2.26. The molecule has 2 rings (SSSR count). The lowest BCUT2D eigenvalue weighted by Gasteiger charge is -2.37. The molecule has 0 aromatic carbocycles. The van der Waals surface area contributed by atoms with Gasteiger partial charge in [-0.3, -0.25) is 19.3 Å². The maximum absolute atomic E-state index is 12.6. The highest BCUT2D eigenvalue weighted by molar-refractivity contribution is 6.09. The summed E-state index contributed by atoms with van der Waals surface area (Å²) in [5, 5.41) is 2.71. The van der Waals surface area contributed by atoms with Gasteiger partial charge in [-0.2, -0.15) is 0 Å². The van der Waals surface area contributed by atoms with Gasteiger partial charge in [0.15, 0.2) is 0 Å². The molecule has 0 saturated carbocycles. The van der Waals surface area contributed by atoms with E-state index in [1.807, 2.05) is 20.8 Å². The van der Waals surface area contributed by atoms with Crippen molar-refractivity contribution in [2.45, 2.75) is 58.0 Å². The Kier molecular flexibility index (Phi) is 5.15. The van der Waals surface area contributed by atoms with Crippen LogP contribution in [0.1, 0.15) is 46.5 Å². The van der Waals surface area contributed by atoms with E-state index in [-0.39, 0.29) is 36.9 Å². The minimum atomic E-state index is -0.916. The Hall–Kier alpha value is -2.12. The zero-order chi connectivity index (χ0) is 18.1. The number of hydrogen-bond donors (Lipinski definition) is 2. The molecule has 3 N–H and O–H groups in total. The lowest BCUT2D eigenvalue weighted by atomic mass is 9.92. The van der Waals surface area contributed by atoms with Crippen molar-refractivity contribution < 1.29 is 19.2 Å². The van der Waals surface area contributed by atoms with Crippen molar-refractivity contribution in [2.75, 3.05) is 13.1 Å². The molecule has 0 aliphatic carbocycles. The second-order valence-corrected chi connectivity index (χ2v) is 6.68. The number of hydrogen-bond acceptors (Lipinski definition) is 4. The number of nitrogens with one attached hydrogen (secondary N) is 1. The fourth-order valence-electron chi connectivity index (χ4n) is 3.46. The summed E-state index contributed by atoms with van der Waals surface area (Å²) < 4.78 is 0. The molecule has 5 amide bonds. The van der Waals surface area contributed by atoms with Crippen LogP contribution in [-0.2, 0) is 14.4 Å². The van der Waals surface area contributed by atoms with E-state index in [0.717, 1.165) is 4.90 Å². The van der Waals surface area contributed by atoms with E-state index in [1.54, 1.807) is 4.90 Å². The normalized spacial score (nSPS) is 26.5. The van der Waals surface area contributed by atoms with Crippen LogP contribution < -0.4 is 11.1 Å². The Bertz CT molecular complexity index is 558. The summed E-state index contributed by atoms with van der Waals surface area (Å²) in [6.07, 6.45) is 2.27. The van der Waals surface area contributed by atoms with Gasteiger partial charge in [-0.15, -0.1) is 0 Å². The number of likely N-dealkylation sites (tertiary alicyclic amines) is 1. The van der Waals surface area contributed by atoms with Crippen molar-refractivity contribution in [3.63, 3.8) is 0 Å². The number of nitrogens with two attached hydrogens (primary N) is 1. The van der Waals surface area contributed by atoms with E-state index in [2.05, 4.69) is 5.32 Å². The third-order valence-corrected chi connectivity index (χ3v) is 5.35. The number of rotatable bonds is 5. The summed E-state index contributed by atoms with van der Waals surface area (Å²) >= 11 is 0. The molecule has 0 bridgehead atoms. The molecule has 2 aliphatic heterocycles. The molecule has 24 heavy (non-hydrogen) atoms. The Morgan fingerprint density at radius 3 is 2.38 bits per heavy atom. The molecule has 2 heterocycles. The third-order valence-electron chi connectivity index (χ3n) is 5.35. The van der Waals surface area contributed by atoms with Crippen LogP contribution >= 0.6 is 0 Å². The molecule has 2 saturated heterocycles. The lowest BCUT2D eigenvalue weighted by molar-refractivity contribution is -0.142. The molecule has 134 valence electrons. The molecule has 2 atom stereocenters. The van der Waals surface area contributed by atoms with Crippen LogP contribution in [0.5, 0.6) is 0 Å². The van der Waals surface area contributed by atoms with Crippen molar-refractivity contribution in [3.8, 4) is 0 Å². The fourth-order valence-corrected chi connectivity index (χ4v) is 3.46. The maximum atomic E-state index is 12.6. The lowest BCUT2D eigenvalue weighted by Crippen LogP contribution is -2.52. The van der Waals surface area contributed by atoms with E-state index < -0.39 is 17.5 Å². The van der Waals surface area contributed by atoms with E-state index in [0.29, 0.717) is 25.7 Å². The Morgan fingerprint density at radius 2 is 1.88 bits per heavy atom. The average Bonchev–Trinajstić information content (AvgIpc) is 2.79. The van der Waals surface area contributed by atoms with Gasteiger partial charge in [-0.05, 0) is 32.6 Å². The first-order valence-corrected chi connectivity index (χ1v) is 8.48.